The zero-order valence-corrected chi connectivity index (χ0v) is 11.5. The van der Waals surface area contributed by atoms with Gasteiger partial charge in [0, 0.05) is 5.92 Å². The Hall–Kier alpha value is -1.43. The van der Waals surface area contributed by atoms with Gasteiger partial charge < -0.3 is 10.4 Å². The second kappa shape index (κ2) is 4.59. The molecule has 3 rings (SSSR count). The fraction of sp³-hybridized carbons (Fsp3) is 0.615. The molecule has 0 bridgehead atoms. The molecule has 2 N–H and O–H groups in total. The molecule has 0 radical (unpaired) electrons. The van der Waals surface area contributed by atoms with Crippen LogP contribution in [0.5, 0.6) is 0 Å². The highest BCUT2D eigenvalue weighted by molar-refractivity contribution is 7.11. The summed E-state index contributed by atoms with van der Waals surface area (Å²) < 4.78 is 4.01. The van der Waals surface area contributed by atoms with Crippen molar-refractivity contribution in [2.45, 2.75) is 32.6 Å². The van der Waals surface area contributed by atoms with Gasteiger partial charge in [0.15, 0.2) is 0 Å². The van der Waals surface area contributed by atoms with Crippen molar-refractivity contribution in [1.82, 2.24) is 4.37 Å². The van der Waals surface area contributed by atoms with Gasteiger partial charge in [0.05, 0.1) is 5.69 Å². The summed E-state index contributed by atoms with van der Waals surface area (Å²) in [5, 5.41) is 12.3. The van der Waals surface area contributed by atoms with Gasteiger partial charge in [0.25, 0.3) is 0 Å². The molecule has 2 atom stereocenters. The van der Waals surface area contributed by atoms with E-state index in [9.17, 15) is 9.59 Å². The zero-order chi connectivity index (χ0) is 13.6. The Morgan fingerprint density at radius 3 is 2.53 bits per heavy atom. The van der Waals surface area contributed by atoms with E-state index in [1.54, 1.807) is 6.92 Å². The summed E-state index contributed by atoms with van der Waals surface area (Å²) in [4.78, 5) is 23.3. The quantitative estimate of drug-likeness (QED) is 0.891. The van der Waals surface area contributed by atoms with Gasteiger partial charge in [0.2, 0.25) is 5.91 Å². The number of amides is 1. The van der Waals surface area contributed by atoms with E-state index in [1.807, 2.05) is 0 Å². The van der Waals surface area contributed by atoms with Crippen LogP contribution in [0.2, 0.25) is 0 Å². The number of carbonyl (C=O) groups excluding carboxylic acids is 1. The molecule has 6 heteroatoms. The second-order valence-electron chi connectivity index (χ2n) is 5.40. The third-order valence-electron chi connectivity index (χ3n) is 4.27. The minimum absolute atomic E-state index is 0.0250. The van der Waals surface area contributed by atoms with Gasteiger partial charge in [-0.15, -0.1) is 0 Å². The molecule has 1 aromatic heterocycles. The van der Waals surface area contributed by atoms with E-state index in [2.05, 4.69) is 9.69 Å². The lowest BCUT2D eigenvalue weighted by molar-refractivity contribution is -0.117. The molecule has 0 aromatic carbocycles. The molecule has 2 aliphatic rings. The Labute approximate surface area is 115 Å². The standard InChI is InChI=1S/C13H16N2O3S/c1-6-9(13(17)18)12(19-15-6)14-11(16)10-7-4-2-3-5-8(7)10/h7-8,10H,2-5H2,1H3,(H,14,16)(H,17,18). The number of aryl methyl sites for hydroxylation is 1. The molecular formula is C13H16N2O3S. The number of aromatic nitrogens is 1. The largest absolute Gasteiger partial charge is 0.478 e. The first-order chi connectivity index (χ1) is 9.09. The number of carboxylic acid groups (broad SMARTS) is 1. The predicted octanol–water partition coefficient (Wildman–Crippen LogP) is 2.52. The Bertz CT molecular complexity index is 528. The number of carboxylic acids is 1. The first-order valence-electron chi connectivity index (χ1n) is 6.60. The Balaban J connectivity index is 1.72. The SMILES string of the molecule is Cc1nsc(NC(=O)C2C3CCCCC32)c1C(=O)O. The maximum absolute atomic E-state index is 12.2. The normalized spacial score (nSPS) is 28.6. The summed E-state index contributed by atoms with van der Waals surface area (Å²) in [6, 6.07) is 0. The second-order valence-corrected chi connectivity index (χ2v) is 6.18. The van der Waals surface area contributed by atoms with E-state index < -0.39 is 5.97 Å². The van der Waals surface area contributed by atoms with Crippen molar-refractivity contribution in [2.75, 3.05) is 5.32 Å². The Kier molecular flexibility index (Phi) is 3.05. The summed E-state index contributed by atoms with van der Waals surface area (Å²) in [5.41, 5.74) is 0.586. The van der Waals surface area contributed by atoms with Crippen LogP contribution in [0.1, 0.15) is 41.7 Å². The molecule has 5 nitrogen and oxygen atoms in total. The van der Waals surface area contributed by atoms with Crippen LogP contribution in [0, 0.1) is 24.7 Å². The average molecular weight is 280 g/mol. The molecule has 0 spiro atoms. The number of fused-ring (bicyclic) bond motifs is 1. The van der Waals surface area contributed by atoms with Gasteiger partial charge in [-0.2, -0.15) is 4.37 Å². The zero-order valence-electron chi connectivity index (χ0n) is 10.7. The summed E-state index contributed by atoms with van der Waals surface area (Å²) in [7, 11) is 0. The van der Waals surface area contributed by atoms with Crippen LogP contribution in [0.25, 0.3) is 0 Å². The van der Waals surface area contributed by atoms with Gasteiger partial charge >= 0.3 is 5.97 Å². The smallest absolute Gasteiger partial charge is 0.340 e. The molecule has 0 saturated heterocycles. The highest BCUT2D eigenvalue weighted by atomic mass is 32.1. The molecule has 1 amide bonds. The maximum Gasteiger partial charge on any atom is 0.340 e. The van der Waals surface area contributed by atoms with Crippen molar-refractivity contribution >= 4 is 28.4 Å². The number of rotatable bonds is 3. The Morgan fingerprint density at radius 2 is 1.95 bits per heavy atom. The number of aromatic carboxylic acids is 1. The lowest BCUT2D eigenvalue weighted by atomic mass is 10.0. The third-order valence-corrected chi connectivity index (χ3v) is 5.13. The average Bonchev–Trinajstić information content (AvgIpc) is 2.99. The van der Waals surface area contributed by atoms with Gasteiger partial charge in [-0.3, -0.25) is 4.79 Å². The van der Waals surface area contributed by atoms with Crippen LogP contribution in [-0.2, 0) is 4.79 Å². The molecule has 2 unspecified atom stereocenters. The fourth-order valence-electron chi connectivity index (χ4n) is 3.28. The number of hydrogen-bond acceptors (Lipinski definition) is 4. The van der Waals surface area contributed by atoms with E-state index >= 15 is 0 Å². The van der Waals surface area contributed by atoms with Crippen LogP contribution < -0.4 is 5.32 Å². The van der Waals surface area contributed by atoms with Crippen LogP contribution in [-0.4, -0.2) is 21.4 Å². The monoisotopic (exact) mass is 280 g/mol. The van der Waals surface area contributed by atoms with Crippen molar-refractivity contribution in [2.24, 2.45) is 17.8 Å². The topological polar surface area (TPSA) is 79.3 Å². The van der Waals surface area contributed by atoms with Crippen molar-refractivity contribution in [3.05, 3.63) is 11.3 Å². The van der Waals surface area contributed by atoms with E-state index in [0.717, 1.165) is 24.4 Å². The maximum atomic E-state index is 12.2. The summed E-state index contributed by atoms with van der Waals surface area (Å²) >= 11 is 1.05. The fourth-order valence-corrected chi connectivity index (χ4v) is 4.08. The highest BCUT2D eigenvalue weighted by Crippen LogP contribution is 2.55. The van der Waals surface area contributed by atoms with Crippen LogP contribution >= 0.6 is 11.5 Å². The first-order valence-corrected chi connectivity index (χ1v) is 7.37. The lowest BCUT2D eigenvalue weighted by Gasteiger charge is -2.04. The third kappa shape index (κ3) is 2.14. The number of nitrogens with one attached hydrogen (secondary N) is 1. The van der Waals surface area contributed by atoms with Crippen molar-refractivity contribution in [3.63, 3.8) is 0 Å². The number of carbonyl (C=O) groups is 2. The van der Waals surface area contributed by atoms with Crippen molar-refractivity contribution in [3.8, 4) is 0 Å². The molecule has 1 heterocycles. The Morgan fingerprint density at radius 1 is 1.32 bits per heavy atom. The molecule has 19 heavy (non-hydrogen) atoms. The molecule has 2 aliphatic carbocycles. The molecule has 102 valence electrons. The molecule has 2 saturated carbocycles. The van der Waals surface area contributed by atoms with E-state index in [-0.39, 0.29) is 17.4 Å². The van der Waals surface area contributed by atoms with Gasteiger partial charge in [-0.05, 0) is 43.1 Å². The summed E-state index contributed by atoms with van der Waals surface area (Å²) in [6.07, 6.45) is 4.70. The predicted molar refractivity (Wildman–Crippen MR) is 71.4 cm³/mol. The highest BCUT2D eigenvalue weighted by Gasteiger charge is 2.54. The van der Waals surface area contributed by atoms with E-state index in [4.69, 9.17) is 5.11 Å². The minimum atomic E-state index is -1.03. The number of hydrogen-bond donors (Lipinski definition) is 2. The summed E-state index contributed by atoms with van der Waals surface area (Å²) in [6.45, 7) is 1.65. The molecular weight excluding hydrogens is 264 g/mol. The van der Waals surface area contributed by atoms with E-state index in [1.165, 1.54) is 12.8 Å². The van der Waals surface area contributed by atoms with Crippen LogP contribution in [0.3, 0.4) is 0 Å². The summed E-state index contributed by atoms with van der Waals surface area (Å²) in [5.74, 6) is 0.0801. The van der Waals surface area contributed by atoms with Crippen LogP contribution in [0.4, 0.5) is 5.00 Å². The lowest BCUT2D eigenvalue weighted by Crippen LogP contribution is -2.16. The van der Waals surface area contributed by atoms with Gasteiger partial charge in [-0.1, -0.05) is 12.8 Å². The number of nitrogens with zero attached hydrogens (tertiary/aromatic N) is 1. The molecule has 2 fully saturated rings. The van der Waals surface area contributed by atoms with Gasteiger partial charge in [-0.25, -0.2) is 4.79 Å². The molecule has 1 aromatic rings. The van der Waals surface area contributed by atoms with Crippen molar-refractivity contribution < 1.29 is 14.7 Å². The van der Waals surface area contributed by atoms with E-state index in [0.29, 0.717) is 22.5 Å². The van der Waals surface area contributed by atoms with Crippen molar-refractivity contribution in [1.29, 1.82) is 0 Å². The van der Waals surface area contributed by atoms with Crippen LogP contribution in [0.15, 0.2) is 0 Å². The number of anilines is 1. The van der Waals surface area contributed by atoms with Gasteiger partial charge in [0.1, 0.15) is 10.6 Å². The molecule has 0 aliphatic heterocycles. The first kappa shape index (κ1) is 12.6. The minimum Gasteiger partial charge on any atom is -0.478 e.